The molecule has 2 aliphatic heterocycles. The Bertz CT molecular complexity index is 1600. The van der Waals surface area contributed by atoms with Crippen LogP contribution in [-0.2, 0) is 22.6 Å². The maximum Gasteiger partial charge on any atom is 0.252 e. The molecule has 214 valence electrons. The topological polar surface area (TPSA) is 101 Å². The summed E-state index contributed by atoms with van der Waals surface area (Å²) < 4.78 is 13.1. The lowest BCUT2D eigenvalue weighted by Gasteiger charge is -2.26. The van der Waals surface area contributed by atoms with Crippen LogP contribution in [0.4, 0.5) is 0 Å². The van der Waals surface area contributed by atoms with E-state index in [0.717, 1.165) is 79.1 Å². The van der Waals surface area contributed by atoms with E-state index in [9.17, 15) is 9.59 Å². The third-order valence-corrected chi connectivity index (χ3v) is 8.20. The number of aromatic amines is 1. The predicted molar refractivity (Wildman–Crippen MR) is 158 cm³/mol. The molecule has 2 aromatic carbocycles. The van der Waals surface area contributed by atoms with E-state index in [2.05, 4.69) is 50.2 Å². The molecule has 6 rings (SSSR count). The van der Waals surface area contributed by atoms with Crippen LogP contribution in [0.5, 0.6) is 0 Å². The number of aryl methyl sites for hydroxylation is 2. The summed E-state index contributed by atoms with van der Waals surface area (Å²) in [5.41, 5.74) is 6.77. The molecule has 9 heteroatoms. The van der Waals surface area contributed by atoms with Crippen molar-refractivity contribution in [3.63, 3.8) is 0 Å². The number of pyridine rings is 1. The highest BCUT2D eigenvalue weighted by atomic mass is 16.5. The average molecular weight is 556 g/mol. The monoisotopic (exact) mass is 555 g/mol. The number of morpholine rings is 1. The zero-order valence-electron chi connectivity index (χ0n) is 23.7. The molecule has 0 radical (unpaired) electrons. The van der Waals surface area contributed by atoms with E-state index >= 15 is 0 Å². The maximum absolute atomic E-state index is 13.7. The zero-order chi connectivity index (χ0) is 28.3. The predicted octanol–water partition coefficient (Wildman–Crippen LogP) is 4.12. The Balaban J connectivity index is 1.33. The van der Waals surface area contributed by atoms with Crippen LogP contribution in [0.3, 0.4) is 0 Å². The summed E-state index contributed by atoms with van der Waals surface area (Å²) in [5.74, 6) is -0.230. The van der Waals surface area contributed by atoms with Crippen LogP contribution < -0.4 is 10.7 Å². The number of carbonyl (C=O) groups excluding carboxylic acids is 1. The second kappa shape index (κ2) is 12.0. The first kappa shape index (κ1) is 27.4. The smallest absolute Gasteiger partial charge is 0.252 e. The Labute approximate surface area is 239 Å². The van der Waals surface area contributed by atoms with Crippen LogP contribution in [0, 0.1) is 13.8 Å². The van der Waals surface area contributed by atoms with Gasteiger partial charge in [0.05, 0.1) is 36.5 Å². The zero-order valence-corrected chi connectivity index (χ0v) is 23.7. The number of aromatic nitrogens is 3. The van der Waals surface area contributed by atoms with Crippen molar-refractivity contribution in [2.24, 2.45) is 0 Å². The number of rotatable bonds is 7. The normalized spacial score (nSPS) is 16.7. The van der Waals surface area contributed by atoms with Gasteiger partial charge in [-0.05, 0) is 55.5 Å². The number of hydrogen-bond acceptors (Lipinski definition) is 6. The summed E-state index contributed by atoms with van der Waals surface area (Å²) >= 11 is 0. The van der Waals surface area contributed by atoms with E-state index in [1.165, 1.54) is 5.56 Å². The lowest BCUT2D eigenvalue weighted by atomic mass is 9.98. The summed E-state index contributed by atoms with van der Waals surface area (Å²) in [6.45, 7) is 9.61. The van der Waals surface area contributed by atoms with Gasteiger partial charge in [-0.2, -0.15) is 5.10 Å². The minimum atomic E-state index is -0.230. The number of fused-ring (bicyclic) bond motifs is 1. The van der Waals surface area contributed by atoms with Gasteiger partial charge in [0.1, 0.15) is 0 Å². The van der Waals surface area contributed by atoms with E-state index in [1.54, 1.807) is 12.3 Å². The molecule has 0 aliphatic carbocycles. The number of nitrogens with zero attached hydrogens (tertiary/aromatic N) is 3. The summed E-state index contributed by atoms with van der Waals surface area (Å²) in [5, 5.41) is 8.54. The van der Waals surface area contributed by atoms with Crippen LogP contribution in [0.2, 0.25) is 0 Å². The first-order valence-electron chi connectivity index (χ1n) is 14.4. The van der Waals surface area contributed by atoms with E-state index in [4.69, 9.17) is 14.6 Å². The average Bonchev–Trinajstić information content (AvgIpc) is 3.41. The van der Waals surface area contributed by atoms with Gasteiger partial charge in [0, 0.05) is 67.8 Å². The van der Waals surface area contributed by atoms with E-state index in [-0.39, 0.29) is 23.9 Å². The molecule has 2 saturated heterocycles. The summed E-state index contributed by atoms with van der Waals surface area (Å²) in [4.78, 5) is 31.9. The van der Waals surface area contributed by atoms with Gasteiger partial charge < -0.3 is 19.8 Å². The Morgan fingerprint density at radius 3 is 2.46 bits per heavy atom. The van der Waals surface area contributed by atoms with Gasteiger partial charge in [-0.25, -0.2) is 0 Å². The van der Waals surface area contributed by atoms with Crippen molar-refractivity contribution >= 4 is 16.8 Å². The van der Waals surface area contributed by atoms with Gasteiger partial charge in [0.2, 0.25) is 0 Å². The van der Waals surface area contributed by atoms with Crippen molar-refractivity contribution in [2.75, 3.05) is 39.5 Å². The van der Waals surface area contributed by atoms with Crippen molar-refractivity contribution in [1.29, 1.82) is 0 Å². The molecule has 0 bridgehead atoms. The molecule has 0 spiro atoms. The third kappa shape index (κ3) is 5.98. The Kier molecular flexibility index (Phi) is 8.00. The number of H-pyrrole nitrogens is 1. The van der Waals surface area contributed by atoms with Gasteiger partial charge >= 0.3 is 0 Å². The number of amides is 1. The van der Waals surface area contributed by atoms with Crippen LogP contribution in [-0.4, -0.2) is 65.1 Å². The van der Waals surface area contributed by atoms with Gasteiger partial charge in [-0.3, -0.25) is 19.2 Å². The highest BCUT2D eigenvalue weighted by molar-refractivity contribution is 6.08. The third-order valence-electron chi connectivity index (χ3n) is 8.20. The maximum atomic E-state index is 13.7. The number of hydrogen-bond donors (Lipinski definition) is 2. The lowest BCUT2D eigenvalue weighted by Crippen LogP contribution is -2.35. The molecule has 0 saturated carbocycles. The summed E-state index contributed by atoms with van der Waals surface area (Å²) in [6, 6.07) is 14.4. The van der Waals surface area contributed by atoms with Crippen molar-refractivity contribution in [2.45, 2.75) is 45.8 Å². The van der Waals surface area contributed by atoms with Crippen LogP contribution >= 0.6 is 0 Å². The Hall–Kier alpha value is -3.79. The number of nitrogens with one attached hydrogen (secondary N) is 2. The van der Waals surface area contributed by atoms with E-state index in [1.807, 2.05) is 19.9 Å². The molecule has 2 N–H and O–H groups in total. The van der Waals surface area contributed by atoms with Crippen LogP contribution in [0.15, 0.2) is 53.5 Å². The van der Waals surface area contributed by atoms with Gasteiger partial charge in [-0.15, -0.1) is 0 Å². The number of benzene rings is 2. The Morgan fingerprint density at radius 1 is 1.00 bits per heavy atom. The lowest BCUT2D eigenvalue weighted by molar-refractivity contribution is 0.0342. The summed E-state index contributed by atoms with van der Waals surface area (Å²) in [7, 11) is 0. The molecule has 4 aromatic rings. The van der Waals surface area contributed by atoms with E-state index < -0.39 is 0 Å². The Morgan fingerprint density at radius 2 is 1.73 bits per heavy atom. The standard InChI is InChI=1S/C32H37N5O4/c1-21-15-31(38)28(22(2)35-21)18-33-32(39)27-16-25(17-30-29(27)19-34-37(30)26-7-11-40-12-8-26)24-5-3-23(4-6-24)20-36-9-13-41-14-10-36/h3-6,15-17,19,26H,7-14,18,20H2,1-2H3,(H,33,39)(H,35,38). The largest absolute Gasteiger partial charge is 0.381 e. The molecule has 2 aromatic heterocycles. The molecule has 2 aliphatic rings. The quantitative estimate of drug-likeness (QED) is 0.356. The minimum Gasteiger partial charge on any atom is -0.381 e. The van der Waals surface area contributed by atoms with Crippen molar-refractivity contribution in [1.82, 2.24) is 25.0 Å². The highest BCUT2D eigenvalue weighted by Gasteiger charge is 2.22. The van der Waals surface area contributed by atoms with Crippen molar-refractivity contribution in [3.8, 4) is 11.1 Å². The molecule has 0 atom stereocenters. The van der Waals surface area contributed by atoms with E-state index in [0.29, 0.717) is 24.3 Å². The molecule has 2 fully saturated rings. The molecular weight excluding hydrogens is 518 g/mol. The number of ether oxygens (including phenoxy) is 2. The minimum absolute atomic E-state index is 0.0811. The summed E-state index contributed by atoms with van der Waals surface area (Å²) in [6.07, 6.45) is 3.56. The van der Waals surface area contributed by atoms with Crippen molar-refractivity contribution < 1.29 is 14.3 Å². The second-order valence-corrected chi connectivity index (χ2v) is 11.1. The van der Waals surface area contributed by atoms with Crippen LogP contribution in [0.25, 0.3) is 22.0 Å². The van der Waals surface area contributed by atoms with Gasteiger partial charge in [0.25, 0.3) is 5.91 Å². The molecule has 0 unspecified atom stereocenters. The molecular formula is C32H37N5O4. The van der Waals surface area contributed by atoms with Crippen molar-refractivity contribution in [3.05, 3.63) is 87.0 Å². The number of carbonyl (C=O) groups is 1. The fourth-order valence-corrected chi connectivity index (χ4v) is 5.90. The molecule has 41 heavy (non-hydrogen) atoms. The van der Waals surface area contributed by atoms with Crippen LogP contribution in [0.1, 0.15) is 51.8 Å². The first-order valence-corrected chi connectivity index (χ1v) is 14.4. The highest BCUT2D eigenvalue weighted by Crippen LogP contribution is 2.32. The second-order valence-electron chi connectivity index (χ2n) is 11.1. The molecule has 1 amide bonds. The SMILES string of the molecule is Cc1cc(=O)c(CNC(=O)c2cc(-c3ccc(CN4CCOCC4)cc3)cc3c2cnn3C2CCOCC2)c(C)[nH]1. The molecule has 9 nitrogen and oxygen atoms in total. The van der Waals surface area contributed by atoms with Gasteiger partial charge in [-0.1, -0.05) is 24.3 Å². The fourth-order valence-electron chi connectivity index (χ4n) is 5.90. The first-order chi connectivity index (χ1) is 20.0. The van der Waals surface area contributed by atoms with Gasteiger partial charge in [0.15, 0.2) is 5.43 Å². The fraction of sp³-hybridized carbons (Fsp3) is 0.406. The molecule has 4 heterocycles.